The molecule has 0 fully saturated rings. The zero-order valence-electron chi connectivity index (χ0n) is 20.6. The molecule has 0 radical (unpaired) electrons. The lowest BCUT2D eigenvalue weighted by atomic mass is 10.2. The Morgan fingerprint density at radius 3 is 2.28 bits per heavy atom. The molecule has 14 heteroatoms. The number of hydrogen-bond donors (Lipinski definition) is 3. The number of carbonyl (C=O) groups is 2. The smallest absolute Gasteiger partial charge is 0.416 e. The fraction of sp³-hybridized carbons (Fsp3) is 0.160. The lowest BCUT2D eigenvalue weighted by Gasteiger charge is -2.12. The minimum absolute atomic E-state index is 0.287. The molecule has 4 aromatic rings. The molecule has 0 atom stereocenters. The van der Waals surface area contributed by atoms with E-state index >= 15 is 0 Å². The highest BCUT2D eigenvalue weighted by atomic mass is 79.9. The second kappa shape index (κ2) is 12.8. The lowest BCUT2D eigenvalue weighted by Crippen LogP contribution is -2.20. The molecule has 1 heterocycles. The van der Waals surface area contributed by atoms with Crippen LogP contribution in [0.2, 0.25) is 0 Å². The summed E-state index contributed by atoms with van der Waals surface area (Å²) in [7, 11) is 1.24. The van der Waals surface area contributed by atoms with Crippen molar-refractivity contribution in [3.8, 4) is 11.5 Å². The number of rotatable bonds is 5. The molecular formula is C25H21BrF4N4O4S. The summed E-state index contributed by atoms with van der Waals surface area (Å²) in [4.78, 5) is 27.9. The predicted octanol–water partition coefficient (Wildman–Crippen LogP) is 8.86. The van der Waals surface area contributed by atoms with E-state index < -0.39 is 35.4 Å². The normalized spacial score (nSPS) is 10.8. The number of benzene rings is 3. The number of alkyl halides is 3. The number of urea groups is 1. The first kappa shape index (κ1) is 29.6. The first-order chi connectivity index (χ1) is 18.5. The van der Waals surface area contributed by atoms with Crippen molar-refractivity contribution in [1.82, 2.24) is 4.98 Å². The maximum atomic E-state index is 13.9. The van der Waals surface area contributed by atoms with E-state index in [9.17, 15) is 27.2 Å². The Bertz CT molecular complexity index is 1480. The van der Waals surface area contributed by atoms with Gasteiger partial charge >= 0.3 is 18.3 Å². The zero-order valence-corrected chi connectivity index (χ0v) is 23.0. The number of thiazole rings is 1. The number of ether oxygens (including phenoxy) is 2. The maximum Gasteiger partial charge on any atom is 0.416 e. The molecule has 8 nitrogen and oxygen atoms in total. The standard InChI is InChI=1S/C23H15BrF4N4O4S.C2H6/c1-35-22(34)32-21-31-19-15(24)9-14(10-18(19)37-21)36-13-5-3-12(4-6-13)29-20(33)30-17-8-11(23(26,27)28)2-7-16(17)25;1-2/h2-10H,1H3,(H2,29,30,33)(H,31,32,34);1-2H3. The van der Waals surface area contributed by atoms with E-state index in [1.54, 1.807) is 24.3 Å². The van der Waals surface area contributed by atoms with Crippen LogP contribution in [0.25, 0.3) is 10.2 Å². The number of halogens is 5. The predicted molar refractivity (Wildman–Crippen MR) is 145 cm³/mol. The highest BCUT2D eigenvalue weighted by molar-refractivity contribution is 9.10. The van der Waals surface area contributed by atoms with Gasteiger partial charge in [0, 0.05) is 16.2 Å². The van der Waals surface area contributed by atoms with Crippen molar-refractivity contribution in [3.63, 3.8) is 0 Å². The van der Waals surface area contributed by atoms with Crippen LogP contribution in [0.1, 0.15) is 19.4 Å². The summed E-state index contributed by atoms with van der Waals surface area (Å²) < 4.78 is 64.2. The van der Waals surface area contributed by atoms with Crippen LogP contribution < -0.4 is 20.7 Å². The second-order valence-corrected chi connectivity index (χ2v) is 9.17. The van der Waals surface area contributed by atoms with Gasteiger partial charge in [-0.15, -0.1) is 0 Å². The Balaban J connectivity index is 0.00000205. The molecule has 3 amide bonds. The third-order valence-corrected chi connectivity index (χ3v) is 6.23. The fourth-order valence-corrected chi connectivity index (χ4v) is 4.61. The number of nitrogens with one attached hydrogen (secondary N) is 3. The molecule has 0 aliphatic carbocycles. The summed E-state index contributed by atoms with van der Waals surface area (Å²) in [6, 6.07) is 10.3. The highest BCUT2D eigenvalue weighted by Crippen LogP contribution is 2.37. The van der Waals surface area contributed by atoms with Crippen LogP contribution in [0, 0.1) is 5.82 Å². The van der Waals surface area contributed by atoms with Crippen molar-refractivity contribution in [3.05, 3.63) is 70.5 Å². The van der Waals surface area contributed by atoms with Gasteiger partial charge in [-0.2, -0.15) is 13.2 Å². The van der Waals surface area contributed by atoms with E-state index in [4.69, 9.17) is 4.74 Å². The van der Waals surface area contributed by atoms with E-state index in [-0.39, 0.29) is 5.69 Å². The molecule has 3 aromatic carbocycles. The number of anilines is 3. The first-order valence-electron chi connectivity index (χ1n) is 11.2. The van der Waals surface area contributed by atoms with Crippen LogP contribution in [0.15, 0.2) is 59.1 Å². The van der Waals surface area contributed by atoms with Crippen molar-refractivity contribution < 1.29 is 36.6 Å². The average Bonchev–Trinajstić information content (AvgIpc) is 3.30. The molecule has 0 spiro atoms. The van der Waals surface area contributed by atoms with Gasteiger partial charge in [0.1, 0.15) is 17.3 Å². The number of nitrogens with zero attached hydrogens (tertiary/aromatic N) is 1. The van der Waals surface area contributed by atoms with Crippen LogP contribution in [-0.4, -0.2) is 24.2 Å². The molecular weight excluding hydrogens is 608 g/mol. The lowest BCUT2D eigenvalue weighted by molar-refractivity contribution is -0.137. The van der Waals surface area contributed by atoms with Crippen molar-refractivity contribution in [2.45, 2.75) is 20.0 Å². The highest BCUT2D eigenvalue weighted by Gasteiger charge is 2.31. The van der Waals surface area contributed by atoms with Gasteiger partial charge in [-0.1, -0.05) is 25.2 Å². The van der Waals surface area contributed by atoms with Crippen LogP contribution in [0.4, 0.5) is 43.7 Å². The summed E-state index contributed by atoms with van der Waals surface area (Å²) >= 11 is 4.64. The van der Waals surface area contributed by atoms with Gasteiger partial charge in [0.2, 0.25) is 0 Å². The Kier molecular flexibility index (Phi) is 9.70. The van der Waals surface area contributed by atoms with E-state index in [0.717, 1.165) is 4.70 Å². The van der Waals surface area contributed by atoms with Gasteiger partial charge in [0.25, 0.3) is 0 Å². The molecule has 3 N–H and O–H groups in total. The molecule has 206 valence electrons. The third-order valence-electron chi connectivity index (χ3n) is 4.71. The SMILES string of the molecule is CC.COC(=O)Nc1nc2c(Br)cc(Oc3ccc(NC(=O)Nc4cc(C(F)(F)F)ccc4F)cc3)cc2s1. The average molecular weight is 629 g/mol. The Labute approximate surface area is 232 Å². The van der Waals surface area contributed by atoms with Gasteiger partial charge in [-0.25, -0.2) is 19.0 Å². The van der Waals surface area contributed by atoms with Crippen LogP contribution in [0.5, 0.6) is 11.5 Å². The molecule has 4 rings (SSSR count). The van der Waals surface area contributed by atoms with Gasteiger partial charge in [0.05, 0.1) is 28.6 Å². The maximum absolute atomic E-state index is 13.9. The molecule has 0 aliphatic rings. The summed E-state index contributed by atoms with van der Waals surface area (Å²) in [6.07, 6.45) is -5.33. The van der Waals surface area contributed by atoms with E-state index in [1.807, 2.05) is 13.8 Å². The van der Waals surface area contributed by atoms with Crippen molar-refractivity contribution in [2.75, 3.05) is 23.1 Å². The van der Waals surface area contributed by atoms with Crippen molar-refractivity contribution >= 4 is 66.1 Å². The summed E-state index contributed by atoms with van der Waals surface area (Å²) in [5, 5.41) is 7.32. The Morgan fingerprint density at radius 2 is 1.64 bits per heavy atom. The minimum Gasteiger partial charge on any atom is -0.457 e. The number of hydrogen-bond acceptors (Lipinski definition) is 6. The largest absolute Gasteiger partial charge is 0.457 e. The third kappa shape index (κ3) is 7.80. The quantitative estimate of drug-likeness (QED) is 0.192. The summed E-state index contributed by atoms with van der Waals surface area (Å²) in [5.41, 5.74) is -0.799. The molecule has 1 aromatic heterocycles. The minimum atomic E-state index is -4.68. The van der Waals surface area contributed by atoms with Gasteiger partial charge in [-0.05, 0) is 64.5 Å². The number of fused-ring (bicyclic) bond motifs is 1. The molecule has 0 aliphatic heterocycles. The van der Waals surface area contributed by atoms with E-state index in [2.05, 4.69) is 41.6 Å². The number of aromatic nitrogens is 1. The molecule has 0 saturated carbocycles. The topological polar surface area (TPSA) is 102 Å². The number of methoxy groups -OCH3 is 1. The monoisotopic (exact) mass is 628 g/mol. The van der Waals surface area contributed by atoms with Gasteiger partial charge < -0.3 is 20.1 Å². The van der Waals surface area contributed by atoms with Crippen molar-refractivity contribution in [1.29, 1.82) is 0 Å². The van der Waals surface area contributed by atoms with Crippen LogP contribution in [0.3, 0.4) is 0 Å². The van der Waals surface area contributed by atoms with E-state index in [1.165, 1.54) is 30.6 Å². The Morgan fingerprint density at radius 1 is 0.949 bits per heavy atom. The van der Waals surface area contributed by atoms with Crippen LogP contribution >= 0.6 is 27.3 Å². The van der Waals surface area contributed by atoms with E-state index in [0.29, 0.717) is 44.8 Å². The number of amides is 3. The second-order valence-electron chi connectivity index (χ2n) is 7.29. The van der Waals surface area contributed by atoms with Crippen molar-refractivity contribution in [2.24, 2.45) is 0 Å². The summed E-state index contributed by atoms with van der Waals surface area (Å²) in [6.45, 7) is 4.00. The molecule has 0 bridgehead atoms. The first-order valence-corrected chi connectivity index (χ1v) is 12.8. The fourth-order valence-electron chi connectivity index (χ4n) is 3.04. The van der Waals surface area contributed by atoms with Gasteiger partial charge in [0.15, 0.2) is 5.13 Å². The zero-order chi connectivity index (χ0) is 28.7. The van der Waals surface area contributed by atoms with Gasteiger partial charge in [-0.3, -0.25) is 5.32 Å². The van der Waals surface area contributed by atoms with Crippen LogP contribution in [-0.2, 0) is 10.9 Å². The molecule has 0 unspecified atom stereocenters. The Hall–Kier alpha value is -3.91. The summed E-state index contributed by atoms with van der Waals surface area (Å²) in [5.74, 6) is -0.131. The molecule has 39 heavy (non-hydrogen) atoms. The number of carbonyl (C=O) groups excluding carboxylic acids is 2. The molecule has 0 saturated heterocycles.